The Balaban J connectivity index is 1.67. The number of aromatic nitrogens is 1. The van der Waals surface area contributed by atoms with E-state index in [4.69, 9.17) is 4.74 Å². The lowest BCUT2D eigenvalue weighted by atomic mass is 10.2. The van der Waals surface area contributed by atoms with Crippen molar-refractivity contribution in [1.29, 1.82) is 0 Å². The SMILES string of the molecule is CCCN(C(=O)COC(=O)c1cccnc1Nc1ccccc1F)[C@H]1CCS(=O)(=O)C1. The summed E-state index contributed by atoms with van der Waals surface area (Å²) in [4.78, 5) is 30.8. The molecule has 8 nitrogen and oxygen atoms in total. The minimum absolute atomic E-state index is 0.0454. The van der Waals surface area contributed by atoms with Gasteiger partial charge in [-0.2, -0.15) is 0 Å². The van der Waals surface area contributed by atoms with E-state index in [0.29, 0.717) is 19.4 Å². The van der Waals surface area contributed by atoms with Crippen LogP contribution in [0.5, 0.6) is 0 Å². The highest BCUT2D eigenvalue weighted by atomic mass is 32.2. The molecule has 2 aromatic rings. The number of carbonyl (C=O) groups excluding carboxylic acids is 2. The first kappa shape index (κ1) is 22.7. The molecule has 1 aliphatic rings. The molecule has 1 N–H and O–H groups in total. The predicted molar refractivity (Wildman–Crippen MR) is 113 cm³/mol. The maximum atomic E-state index is 13.9. The molecular formula is C21H24FN3O5S. The molecule has 1 aromatic heterocycles. The molecule has 1 saturated heterocycles. The number of hydrogen-bond donors (Lipinski definition) is 1. The normalized spacial score (nSPS) is 17.2. The lowest BCUT2D eigenvalue weighted by Crippen LogP contribution is -2.43. The standard InChI is InChI=1S/C21H24FN3O5S/c1-2-11-25(15-9-12-31(28,29)14-15)19(26)13-30-21(27)16-6-5-10-23-20(16)24-18-8-4-3-7-17(18)22/h3-8,10,15H,2,9,11-14H2,1H3,(H,23,24)/t15-/m0/s1. The molecule has 0 bridgehead atoms. The number of amides is 1. The van der Waals surface area contributed by atoms with Crippen molar-refractivity contribution < 1.29 is 27.1 Å². The lowest BCUT2D eigenvalue weighted by Gasteiger charge is -2.27. The first-order chi connectivity index (χ1) is 14.8. The van der Waals surface area contributed by atoms with Gasteiger partial charge in [0, 0.05) is 18.8 Å². The summed E-state index contributed by atoms with van der Waals surface area (Å²) in [5.74, 6) is -1.69. The van der Waals surface area contributed by atoms with Crippen molar-refractivity contribution in [2.24, 2.45) is 0 Å². The topological polar surface area (TPSA) is 106 Å². The summed E-state index contributed by atoms with van der Waals surface area (Å²) in [6.07, 6.45) is 2.46. The summed E-state index contributed by atoms with van der Waals surface area (Å²) in [5.41, 5.74) is 0.187. The van der Waals surface area contributed by atoms with Gasteiger partial charge in [0.05, 0.1) is 17.2 Å². The largest absolute Gasteiger partial charge is 0.452 e. The number of halogens is 1. The van der Waals surface area contributed by atoms with Gasteiger partial charge in [0.25, 0.3) is 5.91 Å². The van der Waals surface area contributed by atoms with Gasteiger partial charge in [-0.15, -0.1) is 0 Å². The van der Waals surface area contributed by atoms with Crippen molar-refractivity contribution >= 4 is 33.2 Å². The average molecular weight is 450 g/mol. The third kappa shape index (κ3) is 5.78. The van der Waals surface area contributed by atoms with Crippen molar-refractivity contribution in [2.45, 2.75) is 25.8 Å². The number of nitrogens with one attached hydrogen (secondary N) is 1. The summed E-state index contributed by atoms with van der Waals surface area (Å²) in [7, 11) is -3.15. The molecule has 1 amide bonds. The highest BCUT2D eigenvalue weighted by molar-refractivity contribution is 7.91. The van der Waals surface area contributed by atoms with Gasteiger partial charge in [-0.05, 0) is 37.1 Å². The summed E-state index contributed by atoms with van der Waals surface area (Å²) in [6.45, 7) is 1.74. The zero-order chi connectivity index (χ0) is 22.4. The van der Waals surface area contributed by atoms with Crippen LogP contribution >= 0.6 is 0 Å². The van der Waals surface area contributed by atoms with Crippen LogP contribution in [0.1, 0.15) is 30.1 Å². The molecule has 0 spiro atoms. The zero-order valence-electron chi connectivity index (χ0n) is 17.1. The van der Waals surface area contributed by atoms with Crippen LogP contribution in [0.2, 0.25) is 0 Å². The van der Waals surface area contributed by atoms with E-state index in [9.17, 15) is 22.4 Å². The molecule has 31 heavy (non-hydrogen) atoms. The predicted octanol–water partition coefficient (Wildman–Crippen LogP) is 2.55. The Kier molecular flexibility index (Phi) is 7.21. The number of para-hydroxylation sites is 1. The number of anilines is 2. The number of hydrogen-bond acceptors (Lipinski definition) is 7. The summed E-state index contributed by atoms with van der Waals surface area (Å²) in [5, 5.41) is 2.76. The monoisotopic (exact) mass is 449 g/mol. The Morgan fingerprint density at radius 2 is 2.03 bits per heavy atom. The number of benzene rings is 1. The Bertz CT molecular complexity index is 1060. The van der Waals surface area contributed by atoms with E-state index in [-0.39, 0.29) is 28.6 Å². The minimum atomic E-state index is -3.15. The lowest BCUT2D eigenvalue weighted by molar-refractivity contribution is -0.136. The van der Waals surface area contributed by atoms with Crippen LogP contribution in [0.15, 0.2) is 42.6 Å². The number of sulfone groups is 1. The van der Waals surface area contributed by atoms with E-state index < -0.39 is 40.2 Å². The number of carbonyl (C=O) groups is 2. The number of rotatable bonds is 8. The van der Waals surface area contributed by atoms with Gasteiger partial charge in [0.15, 0.2) is 16.4 Å². The third-order valence-corrected chi connectivity index (χ3v) is 6.67. The van der Waals surface area contributed by atoms with Crippen molar-refractivity contribution in [3.63, 3.8) is 0 Å². The van der Waals surface area contributed by atoms with Gasteiger partial charge >= 0.3 is 5.97 Å². The van der Waals surface area contributed by atoms with Crippen molar-refractivity contribution in [1.82, 2.24) is 9.88 Å². The number of nitrogens with zero attached hydrogens (tertiary/aromatic N) is 2. The molecular weight excluding hydrogens is 425 g/mol. The first-order valence-corrected chi connectivity index (χ1v) is 11.8. The molecule has 2 heterocycles. The van der Waals surface area contributed by atoms with Crippen LogP contribution in [-0.4, -0.2) is 60.9 Å². The maximum absolute atomic E-state index is 13.9. The molecule has 1 aromatic carbocycles. The van der Waals surface area contributed by atoms with Gasteiger partial charge < -0.3 is 15.0 Å². The van der Waals surface area contributed by atoms with Crippen LogP contribution in [0.4, 0.5) is 15.9 Å². The minimum Gasteiger partial charge on any atom is -0.452 e. The van der Waals surface area contributed by atoms with Gasteiger partial charge in [0.1, 0.15) is 17.2 Å². The van der Waals surface area contributed by atoms with Crippen LogP contribution in [0, 0.1) is 5.82 Å². The molecule has 0 saturated carbocycles. The smallest absolute Gasteiger partial charge is 0.342 e. The fourth-order valence-corrected chi connectivity index (χ4v) is 5.15. The van der Waals surface area contributed by atoms with Gasteiger partial charge in [-0.3, -0.25) is 4.79 Å². The number of ether oxygens (including phenoxy) is 1. The Labute approximate surface area is 180 Å². The molecule has 0 unspecified atom stereocenters. The molecule has 1 atom stereocenters. The van der Waals surface area contributed by atoms with E-state index in [1.807, 2.05) is 6.92 Å². The number of esters is 1. The van der Waals surface area contributed by atoms with E-state index in [1.165, 1.54) is 41.4 Å². The van der Waals surface area contributed by atoms with E-state index in [2.05, 4.69) is 10.3 Å². The molecule has 3 rings (SSSR count). The second-order valence-electron chi connectivity index (χ2n) is 7.22. The molecule has 1 aliphatic heterocycles. The van der Waals surface area contributed by atoms with E-state index in [0.717, 1.165) is 0 Å². The van der Waals surface area contributed by atoms with Crippen LogP contribution in [-0.2, 0) is 19.4 Å². The molecule has 0 radical (unpaired) electrons. The Morgan fingerprint density at radius 1 is 1.26 bits per heavy atom. The average Bonchev–Trinajstić information content (AvgIpc) is 3.11. The Hall–Kier alpha value is -3.01. The van der Waals surface area contributed by atoms with E-state index in [1.54, 1.807) is 6.07 Å². The third-order valence-electron chi connectivity index (χ3n) is 4.92. The summed E-state index contributed by atoms with van der Waals surface area (Å²) in [6, 6.07) is 8.52. The van der Waals surface area contributed by atoms with Crippen molar-refractivity contribution in [3.8, 4) is 0 Å². The van der Waals surface area contributed by atoms with Crippen LogP contribution in [0.3, 0.4) is 0 Å². The van der Waals surface area contributed by atoms with Crippen LogP contribution < -0.4 is 5.32 Å². The molecule has 166 valence electrons. The van der Waals surface area contributed by atoms with Gasteiger partial charge in [-0.1, -0.05) is 19.1 Å². The molecule has 1 fully saturated rings. The zero-order valence-corrected chi connectivity index (χ0v) is 17.9. The van der Waals surface area contributed by atoms with Crippen molar-refractivity contribution in [2.75, 3.05) is 30.0 Å². The summed E-state index contributed by atoms with van der Waals surface area (Å²) >= 11 is 0. The Morgan fingerprint density at radius 3 is 2.71 bits per heavy atom. The molecule has 0 aliphatic carbocycles. The second-order valence-corrected chi connectivity index (χ2v) is 9.45. The van der Waals surface area contributed by atoms with E-state index >= 15 is 0 Å². The summed E-state index contributed by atoms with van der Waals surface area (Å²) < 4.78 is 42.7. The van der Waals surface area contributed by atoms with Crippen LogP contribution in [0.25, 0.3) is 0 Å². The fraction of sp³-hybridized carbons (Fsp3) is 0.381. The van der Waals surface area contributed by atoms with Gasteiger partial charge in [-0.25, -0.2) is 22.6 Å². The quantitative estimate of drug-likeness (QED) is 0.618. The first-order valence-electron chi connectivity index (χ1n) is 9.94. The molecule has 10 heteroatoms. The van der Waals surface area contributed by atoms with Crippen molar-refractivity contribution in [3.05, 3.63) is 54.0 Å². The highest BCUT2D eigenvalue weighted by Crippen LogP contribution is 2.22. The highest BCUT2D eigenvalue weighted by Gasteiger charge is 2.34. The maximum Gasteiger partial charge on any atom is 0.342 e. The second kappa shape index (κ2) is 9.86. The fourth-order valence-electron chi connectivity index (χ4n) is 3.42. The number of pyridine rings is 1. The van der Waals surface area contributed by atoms with Gasteiger partial charge in [0.2, 0.25) is 0 Å².